The third-order valence-corrected chi connectivity index (χ3v) is 2.74. The van der Waals surface area contributed by atoms with Gasteiger partial charge < -0.3 is 20.9 Å². The monoisotopic (exact) mass is 212 g/mol. The lowest BCUT2D eigenvalue weighted by Gasteiger charge is -2.37. The molecule has 0 amide bonds. The molecule has 86 valence electrons. The maximum absolute atomic E-state index is 9.84. The average molecular weight is 212 g/mol. The molecule has 15 heavy (non-hydrogen) atoms. The van der Waals surface area contributed by atoms with E-state index in [1.165, 1.54) is 6.21 Å². The van der Waals surface area contributed by atoms with Crippen LogP contribution in [-0.2, 0) is 4.65 Å². The molecule has 0 heterocycles. The number of aliphatic hydroxyl groups is 1. The first-order valence-electron chi connectivity index (χ1n) is 4.94. The molecule has 0 atom stereocenters. The van der Waals surface area contributed by atoms with Crippen molar-refractivity contribution < 1.29 is 9.76 Å². The van der Waals surface area contributed by atoms with Crippen LogP contribution < -0.4 is 5.73 Å². The van der Waals surface area contributed by atoms with E-state index in [-0.39, 0.29) is 7.48 Å². The predicted octanol–water partition coefficient (Wildman–Crippen LogP) is 0.744. The van der Waals surface area contributed by atoms with Gasteiger partial charge in [-0.3, -0.25) is 0 Å². The second kappa shape index (κ2) is 4.81. The van der Waals surface area contributed by atoms with Crippen LogP contribution in [-0.4, -0.2) is 30.0 Å². The van der Waals surface area contributed by atoms with Crippen molar-refractivity contribution in [3.63, 3.8) is 0 Å². The van der Waals surface area contributed by atoms with Crippen LogP contribution in [0.3, 0.4) is 0 Å². The fourth-order valence-electron chi connectivity index (χ4n) is 0.704. The van der Waals surface area contributed by atoms with Crippen molar-refractivity contribution in [1.82, 2.24) is 0 Å². The van der Waals surface area contributed by atoms with Crippen molar-refractivity contribution in [1.29, 1.82) is 5.41 Å². The molecule has 0 aromatic carbocycles. The highest BCUT2D eigenvalue weighted by Gasteiger charge is 2.35. The number of hydrogen-bond donors (Lipinski definition) is 3. The summed E-state index contributed by atoms with van der Waals surface area (Å²) < 4.78 is 5.57. The molecular weight excluding hydrogens is 191 g/mol. The summed E-state index contributed by atoms with van der Waals surface area (Å²) in [5.41, 5.74) is 5.14. The van der Waals surface area contributed by atoms with Crippen LogP contribution in [0, 0.1) is 5.41 Å². The molecular formula is C10H21BN2O2. The zero-order chi connectivity index (χ0) is 12.3. The highest BCUT2D eigenvalue weighted by Crippen LogP contribution is 2.24. The Morgan fingerprint density at radius 2 is 1.87 bits per heavy atom. The minimum absolute atomic E-state index is 0.239. The second-order valence-electron chi connectivity index (χ2n) is 4.71. The highest BCUT2D eigenvalue weighted by molar-refractivity contribution is 6.46. The summed E-state index contributed by atoms with van der Waals surface area (Å²) in [5, 5.41) is 17.0. The fraction of sp³-hybridized carbons (Fsp3) is 0.700. The first kappa shape index (κ1) is 14.2. The van der Waals surface area contributed by atoms with Gasteiger partial charge in [0.05, 0.1) is 11.2 Å². The SMILES string of the molecule is C/C(N)=C(\BOC(C)(C)C(C)(C)O)C=N. The summed E-state index contributed by atoms with van der Waals surface area (Å²) in [6.45, 7) is 8.72. The summed E-state index contributed by atoms with van der Waals surface area (Å²) in [6, 6.07) is 0. The van der Waals surface area contributed by atoms with Crippen molar-refractivity contribution in [3.05, 3.63) is 11.2 Å². The Morgan fingerprint density at radius 1 is 1.40 bits per heavy atom. The molecule has 0 saturated heterocycles. The fourth-order valence-corrected chi connectivity index (χ4v) is 0.704. The molecule has 0 aliphatic heterocycles. The van der Waals surface area contributed by atoms with E-state index in [2.05, 4.69) is 0 Å². The van der Waals surface area contributed by atoms with Gasteiger partial charge in [-0.15, -0.1) is 0 Å². The van der Waals surface area contributed by atoms with Crippen molar-refractivity contribution in [2.45, 2.75) is 45.8 Å². The quantitative estimate of drug-likeness (QED) is 0.464. The van der Waals surface area contributed by atoms with Crippen LogP contribution in [0.2, 0.25) is 0 Å². The Balaban J connectivity index is 4.53. The number of nitrogens with one attached hydrogen (secondary N) is 1. The summed E-state index contributed by atoms with van der Waals surface area (Å²) in [7, 11) is 0.239. The van der Waals surface area contributed by atoms with E-state index in [1.807, 2.05) is 0 Å². The number of hydrogen-bond acceptors (Lipinski definition) is 4. The highest BCUT2D eigenvalue weighted by atomic mass is 16.5. The first-order chi connectivity index (χ1) is 6.62. The zero-order valence-corrected chi connectivity index (χ0v) is 10.2. The normalized spacial score (nSPS) is 14.5. The third-order valence-electron chi connectivity index (χ3n) is 2.74. The molecule has 4 nitrogen and oxygen atoms in total. The molecule has 5 heteroatoms. The van der Waals surface area contributed by atoms with Crippen molar-refractivity contribution >= 4 is 13.7 Å². The van der Waals surface area contributed by atoms with Crippen LogP contribution in [0.25, 0.3) is 0 Å². The second-order valence-corrected chi connectivity index (χ2v) is 4.71. The van der Waals surface area contributed by atoms with Gasteiger partial charge in [-0.1, -0.05) is 0 Å². The van der Waals surface area contributed by atoms with Crippen LogP contribution >= 0.6 is 0 Å². The molecule has 0 radical (unpaired) electrons. The molecule has 0 unspecified atom stereocenters. The summed E-state index contributed by atoms with van der Waals surface area (Å²) in [4.78, 5) is 0. The van der Waals surface area contributed by atoms with Crippen LogP contribution in [0.4, 0.5) is 0 Å². The van der Waals surface area contributed by atoms with E-state index < -0.39 is 11.2 Å². The molecule has 0 rings (SSSR count). The van der Waals surface area contributed by atoms with Crippen molar-refractivity contribution in [3.8, 4) is 0 Å². The van der Waals surface area contributed by atoms with E-state index in [9.17, 15) is 5.11 Å². The lowest BCUT2D eigenvalue weighted by molar-refractivity contribution is -0.0895. The molecule has 4 N–H and O–H groups in total. The molecule has 0 saturated carbocycles. The standard InChI is InChI=1S/C10H21BN2O2/c1-7(13)8(6-12)11-15-10(4,5)9(2,3)14/h6,11-12,14H,13H2,1-5H3/b8-7+,12-6?. The van der Waals surface area contributed by atoms with Crippen LogP contribution in [0.15, 0.2) is 11.2 Å². The van der Waals surface area contributed by atoms with E-state index >= 15 is 0 Å². The van der Waals surface area contributed by atoms with E-state index in [0.717, 1.165) is 0 Å². The van der Waals surface area contributed by atoms with Gasteiger partial charge in [0.1, 0.15) is 0 Å². The largest absolute Gasteiger partial charge is 0.427 e. The van der Waals surface area contributed by atoms with Gasteiger partial charge in [0.25, 0.3) is 0 Å². The zero-order valence-electron chi connectivity index (χ0n) is 10.2. The van der Waals surface area contributed by atoms with Crippen LogP contribution in [0.5, 0.6) is 0 Å². The minimum Gasteiger partial charge on any atom is -0.427 e. The van der Waals surface area contributed by atoms with Gasteiger partial charge >= 0.3 is 7.48 Å². The summed E-state index contributed by atoms with van der Waals surface area (Å²) in [5.74, 6) is 0. The van der Waals surface area contributed by atoms with Crippen LogP contribution in [0.1, 0.15) is 34.6 Å². The van der Waals surface area contributed by atoms with E-state index in [4.69, 9.17) is 15.8 Å². The Kier molecular flexibility index (Phi) is 4.55. The average Bonchev–Trinajstić information content (AvgIpc) is 2.02. The van der Waals surface area contributed by atoms with Gasteiger partial charge in [-0.25, -0.2) is 0 Å². The Labute approximate surface area is 92.3 Å². The Bertz CT molecular complexity index is 263. The first-order valence-corrected chi connectivity index (χ1v) is 4.94. The molecule has 0 fully saturated rings. The maximum atomic E-state index is 9.84. The smallest absolute Gasteiger partial charge is 0.312 e. The van der Waals surface area contributed by atoms with Gasteiger partial charge in [0.2, 0.25) is 0 Å². The number of nitrogens with two attached hydrogens (primary N) is 1. The van der Waals surface area contributed by atoms with Gasteiger partial charge in [0, 0.05) is 11.9 Å². The number of allylic oxidation sites excluding steroid dienone is 2. The van der Waals surface area contributed by atoms with Gasteiger partial charge in [-0.2, -0.15) is 0 Å². The maximum Gasteiger partial charge on any atom is 0.312 e. The molecule has 0 bridgehead atoms. The molecule has 0 aliphatic carbocycles. The molecule has 0 spiro atoms. The molecule has 0 aromatic heterocycles. The molecule has 0 aromatic rings. The van der Waals surface area contributed by atoms with Gasteiger partial charge in [0.15, 0.2) is 0 Å². The Hall–Kier alpha value is -0.805. The topological polar surface area (TPSA) is 79.3 Å². The lowest BCUT2D eigenvalue weighted by Crippen LogP contribution is -2.48. The predicted molar refractivity (Wildman–Crippen MR) is 64.3 cm³/mol. The number of rotatable bonds is 5. The lowest BCUT2D eigenvalue weighted by atomic mass is 9.82. The summed E-state index contributed by atoms with van der Waals surface area (Å²) >= 11 is 0. The Morgan fingerprint density at radius 3 is 2.13 bits per heavy atom. The van der Waals surface area contributed by atoms with Crippen molar-refractivity contribution in [2.24, 2.45) is 5.73 Å². The van der Waals surface area contributed by atoms with E-state index in [1.54, 1.807) is 34.6 Å². The van der Waals surface area contributed by atoms with E-state index in [0.29, 0.717) is 11.2 Å². The molecule has 0 aliphatic rings. The minimum atomic E-state index is -0.942. The van der Waals surface area contributed by atoms with Crippen molar-refractivity contribution in [2.75, 3.05) is 0 Å². The summed E-state index contributed by atoms with van der Waals surface area (Å²) in [6.07, 6.45) is 1.18. The third kappa shape index (κ3) is 4.05. The van der Waals surface area contributed by atoms with Gasteiger partial charge in [-0.05, 0) is 40.1 Å².